The Morgan fingerprint density at radius 3 is 2.86 bits per heavy atom. The highest BCUT2D eigenvalue weighted by Gasteiger charge is 2.38. The van der Waals surface area contributed by atoms with Crippen LogP contribution < -0.4 is 0 Å². The monoisotopic (exact) mass is 192 g/mol. The van der Waals surface area contributed by atoms with Crippen LogP contribution in [0.5, 0.6) is 0 Å². The lowest BCUT2D eigenvalue weighted by atomic mass is 9.96. The Hall–Kier alpha value is -1.01. The van der Waals surface area contributed by atoms with Crippen molar-refractivity contribution in [3.05, 3.63) is 11.8 Å². The van der Waals surface area contributed by atoms with E-state index in [2.05, 4.69) is 17.0 Å². The van der Waals surface area contributed by atoms with Crippen molar-refractivity contribution in [2.75, 3.05) is 13.1 Å². The molecule has 14 heavy (non-hydrogen) atoms. The van der Waals surface area contributed by atoms with E-state index < -0.39 is 5.60 Å². The van der Waals surface area contributed by atoms with E-state index in [0.717, 1.165) is 25.2 Å². The van der Waals surface area contributed by atoms with E-state index in [1.54, 1.807) is 0 Å². The summed E-state index contributed by atoms with van der Waals surface area (Å²) < 4.78 is 0. The Morgan fingerprint density at radius 2 is 2.21 bits per heavy atom. The normalized spacial score (nSPS) is 31.7. The Kier molecular flexibility index (Phi) is 2.47. The molecular formula is C11H16N2O. The average molecular weight is 192 g/mol. The average Bonchev–Trinajstić information content (AvgIpc) is 2.73. The van der Waals surface area contributed by atoms with E-state index >= 15 is 0 Å². The summed E-state index contributed by atoms with van der Waals surface area (Å²) in [4.78, 5) is 2.24. The van der Waals surface area contributed by atoms with Crippen LogP contribution in [0.4, 0.5) is 0 Å². The molecule has 0 saturated carbocycles. The van der Waals surface area contributed by atoms with Gasteiger partial charge in [0, 0.05) is 18.8 Å². The van der Waals surface area contributed by atoms with E-state index in [1.165, 1.54) is 12.8 Å². The third kappa shape index (κ3) is 1.51. The molecule has 2 rings (SSSR count). The maximum Gasteiger partial charge on any atom is 0.117 e. The topological polar surface area (TPSA) is 47.3 Å². The van der Waals surface area contributed by atoms with Gasteiger partial charge in [-0.25, -0.2) is 0 Å². The summed E-state index contributed by atoms with van der Waals surface area (Å²) >= 11 is 0. The van der Waals surface area contributed by atoms with Crippen LogP contribution >= 0.6 is 0 Å². The summed E-state index contributed by atoms with van der Waals surface area (Å²) in [5, 5.41) is 19.0. The highest BCUT2D eigenvalue weighted by molar-refractivity contribution is 5.23. The fourth-order valence-corrected chi connectivity index (χ4v) is 2.46. The highest BCUT2D eigenvalue weighted by atomic mass is 16.3. The SMILES string of the molecule is N#CCC1(O)CCC=C1N1CCCC1. The molecule has 3 heteroatoms. The molecule has 3 nitrogen and oxygen atoms in total. The zero-order valence-electron chi connectivity index (χ0n) is 8.37. The van der Waals surface area contributed by atoms with E-state index in [9.17, 15) is 5.11 Å². The minimum Gasteiger partial charge on any atom is -0.383 e. The van der Waals surface area contributed by atoms with Gasteiger partial charge in [0.15, 0.2) is 0 Å². The van der Waals surface area contributed by atoms with Crippen LogP contribution in [0.3, 0.4) is 0 Å². The Balaban J connectivity index is 2.13. The van der Waals surface area contributed by atoms with Gasteiger partial charge in [-0.15, -0.1) is 0 Å². The number of hydrogen-bond acceptors (Lipinski definition) is 3. The molecular weight excluding hydrogens is 176 g/mol. The molecule has 1 atom stereocenters. The van der Waals surface area contributed by atoms with Gasteiger partial charge < -0.3 is 10.0 Å². The van der Waals surface area contributed by atoms with Crippen LogP contribution in [0, 0.1) is 11.3 Å². The van der Waals surface area contributed by atoms with Gasteiger partial charge in [0.1, 0.15) is 5.60 Å². The number of nitrogens with zero attached hydrogens (tertiary/aromatic N) is 2. The molecule has 1 saturated heterocycles. The van der Waals surface area contributed by atoms with Gasteiger partial charge in [0.05, 0.1) is 12.5 Å². The fourth-order valence-electron chi connectivity index (χ4n) is 2.46. The van der Waals surface area contributed by atoms with Crippen molar-refractivity contribution in [2.24, 2.45) is 0 Å². The second-order valence-electron chi connectivity index (χ2n) is 4.19. The van der Waals surface area contributed by atoms with Crippen LogP contribution in [0.2, 0.25) is 0 Å². The Labute approximate surface area is 84.6 Å². The summed E-state index contributed by atoms with van der Waals surface area (Å²) in [6.45, 7) is 2.08. The number of aliphatic hydroxyl groups is 1. The van der Waals surface area contributed by atoms with Gasteiger partial charge in [-0.05, 0) is 25.7 Å². The van der Waals surface area contributed by atoms with Gasteiger partial charge >= 0.3 is 0 Å². The number of likely N-dealkylation sites (tertiary alicyclic amines) is 1. The van der Waals surface area contributed by atoms with Crippen molar-refractivity contribution in [2.45, 2.75) is 37.7 Å². The molecule has 2 aliphatic rings. The first-order chi connectivity index (χ1) is 6.76. The van der Waals surface area contributed by atoms with Crippen LogP contribution in [-0.4, -0.2) is 28.7 Å². The minimum absolute atomic E-state index is 0.231. The summed E-state index contributed by atoms with van der Waals surface area (Å²) in [6, 6.07) is 2.09. The van der Waals surface area contributed by atoms with E-state index in [0.29, 0.717) is 6.42 Å². The van der Waals surface area contributed by atoms with Crippen molar-refractivity contribution in [3.8, 4) is 6.07 Å². The lowest BCUT2D eigenvalue weighted by Crippen LogP contribution is -2.36. The number of rotatable bonds is 2. The van der Waals surface area contributed by atoms with Crippen molar-refractivity contribution in [3.63, 3.8) is 0 Å². The third-order valence-electron chi connectivity index (χ3n) is 3.19. The molecule has 1 N–H and O–H groups in total. The van der Waals surface area contributed by atoms with Crippen molar-refractivity contribution >= 4 is 0 Å². The molecule has 1 aliphatic heterocycles. The Morgan fingerprint density at radius 1 is 1.50 bits per heavy atom. The summed E-state index contributed by atoms with van der Waals surface area (Å²) in [6.07, 6.45) is 6.37. The molecule has 1 unspecified atom stereocenters. The van der Waals surface area contributed by atoms with E-state index in [4.69, 9.17) is 5.26 Å². The largest absolute Gasteiger partial charge is 0.383 e. The predicted molar refractivity (Wildman–Crippen MR) is 53.3 cm³/mol. The summed E-state index contributed by atoms with van der Waals surface area (Å²) in [5.41, 5.74) is 0.163. The molecule has 0 aromatic heterocycles. The lowest BCUT2D eigenvalue weighted by molar-refractivity contribution is 0.0579. The van der Waals surface area contributed by atoms with E-state index in [-0.39, 0.29) is 6.42 Å². The lowest BCUT2D eigenvalue weighted by Gasteiger charge is -2.31. The van der Waals surface area contributed by atoms with Gasteiger partial charge in [-0.2, -0.15) is 5.26 Å². The minimum atomic E-state index is -0.848. The number of allylic oxidation sites excluding steroid dienone is 1. The van der Waals surface area contributed by atoms with Crippen LogP contribution in [0.15, 0.2) is 11.8 Å². The molecule has 0 aromatic rings. The quantitative estimate of drug-likeness (QED) is 0.719. The molecule has 1 fully saturated rings. The smallest absolute Gasteiger partial charge is 0.117 e. The van der Waals surface area contributed by atoms with Gasteiger partial charge in [0.25, 0.3) is 0 Å². The molecule has 0 aromatic carbocycles. The van der Waals surface area contributed by atoms with Gasteiger partial charge in [-0.3, -0.25) is 0 Å². The van der Waals surface area contributed by atoms with Gasteiger partial charge in [0.2, 0.25) is 0 Å². The number of nitriles is 1. The van der Waals surface area contributed by atoms with Crippen molar-refractivity contribution in [1.29, 1.82) is 5.26 Å². The molecule has 0 radical (unpaired) electrons. The van der Waals surface area contributed by atoms with Crippen LogP contribution in [0.1, 0.15) is 32.1 Å². The van der Waals surface area contributed by atoms with Crippen molar-refractivity contribution < 1.29 is 5.11 Å². The molecule has 0 bridgehead atoms. The zero-order valence-corrected chi connectivity index (χ0v) is 8.37. The predicted octanol–water partition coefficient (Wildman–Crippen LogP) is 1.40. The van der Waals surface area contributed by atoms with Gasteiger partial charge in [-0.1, -0.05) is 6.08 Å². The van der Waals surface area contributed by atoms with Crippen LogP contribution in [0.25, 0.3) is 0 Å². The molecule has 76 valence electrons. The standard InChI is InChI=1S/C11H16N2O/c12-7-6-11(14)5-3-4-10(11)13-8-1-2-9-13/h4,14H,1-3,5-6,8-9H2. The second kappa shape index (κ2) is 3.62. The maximum atomic E-state index is 10.3. The maximum absolute atomic E-state index is 10.3. The fraction of sp³-hybridized carbons (Fsp3) is 0.727. The molecule has 1 aliphatic carbocycles. The summed E-state index contributed by atoms with van der Waals surface area (Å²) in [7, 11) is 0. The molecule has 1 heterocycles. The first kappa shape index (κ1) is 9.54. The molecule has 0 spiro atoms. The summed E-state index contributed by atoms with van der Waals surface area (Å²) in [5.74, 6) is 0. The van der Waals surface area contributed by atoms with E-state index in [1.807, 2.05) is 0 Å². The molecule has 0 amide bonds. The van der Waals surface area contributed by atoms with Crippen molar-refractivity contribution in [1.82, 2.24) is 4.90 Å². The Bertz CT molecular complexity index is 286. The zero-order chi connectivity index (χ0) is 10.0. The first-order valence-corrected chi connectivity index (χ1v) is 5.31. The number of hydrogen-bond donors (Lipinski definition) is 1. The first-order valence-electron chi connectivity index (χ1n) is 5.31. The highest BCUT2D eigenvalue weighted by Crippen LogP contribution is 2.36. The third-order valence-corrected chi connectivity index (χ3v) is 3.19. The van der Waals surface area contributed by atoms with Crippen LogP contribution in [-0.2, 0) is 0 Å². The second-order valence-corrected chi connectivity index (χ2v) is 4.19.